The Labute approximate surface area is 180 Å². The highest BCUT2D eigenvalue weighted by atomic mass is 16.8. The lowest BCUT2D eigenvalue weighted by atomic mass is 9.87. The van der Waals surface area contributed by atoms with Crippen LogP contribution < -0.4 is 0 Å². The lowest BCUT2D eigenvalue weighted by Gasteiger charge is -2.41. The standard InChI is InChI=1S/C21H29NO9/c1-19(2)27-11-21(12-28-19,22(24)25)17(23)15-14(26-10-13-8-6-5-7-9-13)16-18(29-15)31-20(3,4)30-16/h5-9,14-18,23H,10-12H2,1-4H3/t14-,15-,16+,17-,18+/m0/s1. The molecule has 0 aromatic heterocycles. The normalized spacial score (nSPS) is 34.2. The van der Waals surface area contributed by atoms with Gasteiger partial charge in [0.05, 0.1) is 6.61 Å². The molecule has 0 aliphatic carbocycles. The van der Waals surface area contributed by atoms with Crippen molar-refractivity contribution in [2.24, 2.45) is 0 Å². The maximum Gasteiger partial charge on any atom is 0.295 e. The minimum Gasteiger partial charge on any atom is -0.383 e. The van der Waals surface area contributed by atoms with Gasteiger partial charge in [0.1, 0.15) is 31.5 Å². The first-order valence-electron chi connectivity index (χ1n) is 10.3. The summed E-state index contributed by atoms with van der Waals surface area (Å²) in [5, 5.41) is 23.2. The molecule has 4 rings (SSSR count). The van der Waals surface area contributed by atoms with Crippen LogP contribution in [0.15, 0.2) is 30.3 Å². The third-order valence-electron chi connectivity index (χ3n) is 5.88. The van der Waals surface area contributed by atoms with Gasteiger partial charge >= 0.3 is 0 Å². The van der Waals surface area contributed by atoms with E-state index < -0.39 is 52.7 Å². The Morgan fingerprint density at radius 2 is 1.77 bits per heavy atom. The van der Waals surface area contributed by atoms with Gasteiger partial charge in [-0.3, -0.25) is 10.1 Å². The summed E-state index contributed by atoms with van der Waals surface area (Å²) in [6.45, 7) is 6.38. The van der Waals surface area contributed by atoms with Crippen LogP contribution in [0.5, 0.6) is 0 Å². The summed E-state index contributed by atoms with van der Waals surface area (Å²) < 4.78 is 34.8. The summed E-state index contributed by atoms with van der Waals surface area (Å²) in [7, 11) is 0. The molecule has 5 atom stereocenters. The molecule has 3 heterocycles. The number of fused-ring (bicyclic) bond motifs is 1. The number of benzene rings is 1. The van der Waals surface area contributed by atoms with Gasteiger partial charge in [-0.1, -0.05) is 30.3 Å². The van der Waals surface area contributed by atoms with E-state index in [-0.39, 0.29) is 19.8 Å². The molecule has 172 valence electrons. The Morgan fingerprint density at radius 1 is 1.13 bits per heavy atom. The molecule has 3 saturated heterocycles. The van der Waals surface area contributed by atoms with Crippen molar-refractivity contribution >= 4 is 0 Å². The minimum atomic E-state index is -1.91. The van der Waals surface area contributed by atoms with Crippen LogP contribution in [0.25, 0.3) is 0 Å². The highest BCUT2D eigenvalue weighted by molar-refractivity contribution is 5.14. The lowest BCUT2D eigenvalue weighted by molar-refractivity contribution is -0.610. The smallest absolute Gasteiger partial charge is 0.295 e. The summed E-state index contributed by atoms with van der Waals surface area (Å²) in [6.07, 6.45) is -4.92. The van der Waals surface area contributed by atoms with E-state index in [1.165, 1.54) is 0 Å². The van der Waals surface area contributed by atoms with Gasteiger partial charge in [0.15, 0.2) is 24.0 Å². The minimum absolute atomic E-state index is 0.219. The number of aliphatic hydroxyl groups excluding tert-OH is 1. The summed E-state index contributed by atoms with van der Waals surface area (Å²) in [5.41, 5.74) is -1.00. The van der Waals surface area contributed by atoms with Crippen LogP contribution >= 0.6 is 0 Å². The monoisotopic (exact) mass is 439 g/mol. The van der Waals surface area contributed by atoms with E-state index in [1.807, 2.05) is 30.3 Å². The van der Waals surface area contributed by atoms with Crippen molar-refractivity contribution in [3.8, 4) is 0 Å². The zero-order valence-electron chi connectivity index (χ0n) is 18.1. The van der Waals surface area contributed by atoms with Crippen molar-refractivity contribution < 1.29 is 38.5 Å². The maximum atomic E-state index is 12.0. The SMILES string of the molecule is CC1(C)OCC([C@@H](O)[C@H]2O[C@@H]3OC(C)(C)O[C@@H]3[C@H]2OCc2ccccc2)([N+](=O)[O-])CO1. The fourth-order valence-electron chi connectivity index (χ4n) is 4.09. The van der Waals surface area contributed by atoms with Crippen LogP contribution in [-0.2, 0) is 35.0 Å². The second-order valence-electron chi connectivity index (χ2n) is 9.11. The number of aliphatic hydroxyl groups is 1. The molecular weight excluding hydrogens is 410 g/mol. The first-order valence-corrected chi connectivity index (χ1v) is 10.3. The lowest BCUT2D eigenvalue weighted by Crippen LogP contribution is -2.66. The molecule has 1 N–H and O–H groups in total. The molecule has 0 unspecified atom stereocenters. The largest absolute Gasteiger partial charge is 0.383 e. The van der Waals surface area contributed by atoms with E-state index in [2.05, 4.69) is 0 Å². The van der Waals surface area contributed by atoms with Crippen LogP contribution in [0.4, 0.5) is 0 Å². The van der Waals surface area contributed by atoms with Gasteiger partial charge in [0.25, 0.3) is 5.54 Å². The molecular formula is C21H29NO9. The molecule has 0 saturated carbocycles. The van der Waals surface area contributed by atoms with Crippen LogP contribution in [0, 0.1) is 10.1 Å². The Hall–Kier alpha value is -1.66. The summed E-state index contributed by atoms with van der Waals surface area (Å²) in [4.78, 5) is 11.5. The zero-order valence-corrected chi connectivity index (χ0v) is 18.1. The van der Waals surface area contributed by atoms with E-state index in [4.69, 9.17) is 28.4 Å². The predicted molar refractivity (Wildman–Crippen MR) is 105 cm³/mol. The first kappa shape index (κ1) is 22.5. The zero-order chi connectivity index (χ0) is 22.4. The first-order chi connectivity index (χ1) is 14.5. The summed E-state index contributed by atoms with van der Waals surface area (Å²) >= 11 is 0. The number of hydrogen-bond acceptors (Lipinski definition) is 9. The average Bonchev–Trinajstić information content (AvgIpc) is 3.18. The van der Waals surface area contributed by atoms with Crippen molar-refractivity contribution in [2.75, 3.05) is 13.2 Å². The molecule has 0 amide bonds. The second kappa shape index (κ2) is 8.04. The van der Waals surface area contributed by atoms with E-state index in [0.717, 1.165) is 5.56 Å². The molecule has 1 aromatic carbocycles. The highest BCUT2D eigenvalue weighted by Gasteiger charge is 2.65. The van der Waals surface area contributed by atoms with Crippen molar-refractivity contribution in [2.45, 2.75) is 82.1 Å². The van der Waals surface area contributed by atoms with Crippen molar-refractivity contribution in [1.82, 2.24) is 0 Å². The Kier molecular flexibility index (Phi) is 5.84. The Balaban J connectivity index is 1.57. The molecule has 3 aliphatic rings. The molecule has 10 heteroatoms. The fraction of sp³-hybridized carbons (Fsp3) is 0.714. The van der Waals surface area contributed by atoms with Gasteiger partial charge in [0.2, 0.25) is 0 Å². The number of rotatable bonds is 6. The van der Waals surface area contributed by atoms with Gasteiger partial charge in [-0.15, -0.1) is 0 Å². The maximum absolute atomic E-state index is 12.0. The molecule has 1 aromatic rings. The number of hydrogen-bond donors (Lipinski definition) is 1. The molecule has 3 aliphatic heterocycles. The van der Waals surface area contributed by atoms with Crippen LogP contribution in [0.3, 0.4) is 0 Å². The van der Waals surface area contributed by atoms with Crippen molar-refractivity contribution in [3.63, 3.8) is 0 Å². The molecule has 0 radical (unpaired) electrons. The van der Waals surface area contributed by atoms with Gasteiger partial charge in [-0.05, 0) is 33.3 Å². The summed E-state index contributed by atoms with van der Waals surface area (Å²) in [6, 6.07) is 9.47. The third-order valence-corrected chi connectivity index (χ3v) is 5.88. The van der Waals surface area contributed by atoms with E-state index in [1.54, 1.807) is 27.7 Å². The Morgan fingerprint density at radius 3 is 2.39 bits per heavy atom. The Bertz CT molecular complexity index is 789. The molecule has 0 bridgehead atoms. The second-order valence-corrected chi connectivity index (χ2v) is 9.11. The van der Waals surface area contributed by atoms with Crippen molar-refractivity contribution in [1.29, 1.82) is 0 Å². The van der Waals surface area contributed by atoms with Crippen molar-refractivity contribution in [3.05, 3.63) is 46.0 Å². The number of nitro groups is 1. The topological polar surface area (TPSA) is 119 Å². The fourth-order valence-corrected chi connectivity index (χ4v) is 4.09. The predicted octanol–water partition coefficient (Wildman–Crippen LogP) is 1.61. The van der Waals surface area contributed by atoms with Gasteiger partial charge in [-0.2, -0.15) is 0 Å². The molecule has 10 nitrogen and oxygen atoms in total. The van der Waals surface area contributed by atoms with Gasteiger partial charge < -0.3 is 33.5 Å². The average molecular weight is 439 g/mol. The molecule has 0 spiro atoms. The highest BCUT2D eigenvalue weighted by Crippen LogP contribution is 2.42. The number of ether oxygens (including phenoxy) is 6. The van der Waals surface area contributed by atoms with Gasteiger partial charge in [-0.25, -0.2) is 0 Å². The third kappa shape index (κ3) is 4.34. The van der Waals surface area contributed by atoms with Crippen LogP contribution in [0.2, 0.25) is 0 Å². The van der Waals surface area contributed by atoms with Crippen LogP contribution in [0.1, 0.15) is 33.3 Å². The summed E-state index contributed by atoms with van der Waals surface area (Å²) in [5.74, 6) is -1.88. The van der Waals surface area contributed by atoms with Gasteiger partial charge in [0, 0.05) is 4.92 Å². The van der Waals surface area contributed by atoms with Crippen LogP contribution in [-0.4, -0.2) is 71.1 Å². The number of nitrogens with zero attached hydrogens (tertiary/aromatic N) is 1. The van der Waals surface area contributed by atoms with E-state index >= 15 is 0 Å². The molecule has 3 fully saturated rings. The van der Waals surface area contributed by atoms with E-state index in [0.29, 0.717) is 0 Å². The van der Waals surface area contributed by atoms with E-state index in [9.17, 15) is 15.2 Å². The quantitative estimate of drug-likeness (QED) is 0.521. The molecule has 31 heavy (non-hydrogen) atoms.